The van der Waals surface area contributed by atoms with E-state index in [1.54, 1.807) is 12.1 Å². The molecule has 4 nitrogen and oxygen atoms in total. The number of fused-ring (bicyclic) bond motifs is 1. The Bertz CT molecular complexity index is 685. The van der Waals surface area contributed by atoms with Crippen LogP contribution in [0.25, 0.3) is 16.5 Å². The number of carbonyl (C=O) groups excluding carboxylic acids is 2. The van der Waals surface area contributed by atoms with Gasteiger partial charge in [-0.25, -0.2) is 4.39 Å². The van der Waals surface area contributed by atoms with Gasteiger partial charge in [0.2, 0.25) is 0 Å². The maximum Gasteiger partial charge on any atom is 0.258 e. The van der Waals surface area contributed by atoms with E-state index in [-0.39, 0.29) is 5.57 Å². The summed E-state index contributed by atoms with van der Waals surface area (Å²) in [6.07, 6.45) is 2.70. The zero-order chi connectivity index (χ0) is 12.0. The normalized spacial score (nSPS) is 15.2. The van der Waals surface area contributed by atoms with Crippen molar-refractivity contribution in [1.29, 1.82) is 0 Å². The van der Waals surface area contributed by atoms with Crippen molar-refractivity contribution in [2.45, 2.75) is 0 Å². The topological polar surface area (TPSA) is 62.0 Å². The lowest BCUT2D eigenvalue weighted by Gasteiger charge is -1.98. The third-order valence-electron chi connectivity index (χ3n) is 2.70. The monoisotopic (exact) mass is 230 g/mol. The van der Waals surface area contributed by atoms with Crippen LogP contribution in [0.2, 0.25) is 0 Å². The van der Waals surface area contributed by atoms with Crippen molar-refractivity contribution in [2.75, 3.05) is 0 Å². The first-order chi connectivity index (χ1) is 8.16. The molecule has 0 spiro atoms. The van der Waals surface area contributed by atoms with E-state index in [4.69, 9.17) is 0 Å². The quantitative estimate of drug-likeness (QED) is 0.726. The fourth-order valence-corrected chi connectivity index (χ4v) is 1.96. The summed E-state index contributed by atoms with van der Waals surface area (Å²) in [6, 6.07) is 4.60. The van der Waals surface area contributed by atoms with E-state index in [2.05, 4.69) is 10.3 Å². The zero-order valence-corrected chi connectivity index (χ0v) is 8.58. The van der Waals surface area contributed by atoms with Gasteiger partial charge in [0, 0.05) is 28.7 Å². The van der Waals surface area contributed by atoms with Gasteiger partial charge in [0.15, 0.2) is 0 Å². The molecule has 0 unspecified atom stereocenters. The lowest BCUT2D eigenvalue weighted by atomic mass is 10.1. The van der Waals surface area contributed by atoms with E-state index in [1.165, 1.54) is 18.3 Å². The Hall–Kier alpha value is -2.43. The van der Waals surface area contributed by atoms with Gasteiger partial charge in [-0.1, -0.05) is 6.07 Å². The number of aromatic amines is 1. The molecule has 5 heteroatoms. The van der Waals surface area contributed by atoms with Gasteiger partial charge in [0.05, 0.1) is 5.57 Å². The molecule has 2 N–H and O–H groups in total. The summed E-state index contributed by atoms with van der Waals surface area (Å²) in [4.78, 5) is 25.4. The van der Waals surface area contributed by atoms with Gasteiger partial charge >= 0.3 is 0 Å². The summed E-state index contributed by atoms with van der Waals surface area (Å²) in [6.45, 7) is 0. The Balaban J connectivity index is 2.29. The molecule has 3 rings (SSSR count). The Morgan fingerprint density at radius 2 is 2.00 bits per heavy atom. The molecule has 1 aromatic carbocycles. The Morgan fingerprint density at radius 1 is 1.18 bits per heavy atom. The average Bonchev–Trinajstić information content (AvgIpc) is 2.83. The lowest BCUT2D eigenvalue weighted by Crippen LogP contribution is -2.21. The molecule has 0 atom stereocenters. The summed E-state index contributed by atoms with van der Waals surface area (Å²) in [5, 5.41) is 2.46. The van der Waals surface area contributed by atoms with Crippen LogP contribution >= 0.6 is 0 Å². The Kier molecular flexibility index (Phi) is 1.89. The molecule has 0 bridgehead atoms. The summed E-state index contributed by atoms with van der Waals surface area (Å²) in [7, 11) is 0. The molecule has 17 heavy (non-hydrogen) atoms. The number of halogens is 1. The van der Waals surface area contributed by atoms with Crippen molar-refractivity contribution in [3.05, 3.63) is 41.9 Å². The van der Waals surface area contributed by atoms with Crippen LogP contribution in [0, 0.1) is 5.82 Å². The Labute approximate surface area is 95.1 Å². The van der Waals surface area contributed by atoms with Gasteiger partial charge in [-0.3, -0.25) is 14.9 Å². The van der Waals surface area contributed by atoms with Gasteiger partial charge in [0.1, 0.15) is 5.82 Å². The standard InChI is InChI=1S/C12H7FN2O2/c13-8-2-1-3-9-11(8)7(5-14-9)6-4-10(16)15-12(6)17/h1-5,14H,(H,15,16,17). The van der Waals surface area contributed by atoms with E-state index in [9.17, 15) is 14.0 Å². The van der Waals surface area contributed by atoms with Crippen LogP contribution in [-0.2, 0) is 9.59 Å². The smallest absolute Gasteiger partial charge is 0.258 e. The van der Waals surface area contributed by atoms with Gasteiger partial charge in [0.25, 0.3) is 11.8 Å². The van der Waals surface area contributed by atoms with Gasteiger partial charge in [-0.05, 0) is 12.1 Å². The number of imide groups is 1. The molecule has 2 aromatic rings. The molecule has 0 fully saturated rings. The fourth-order valence-electron chi connectivity index (χ4n) is 1.96. The second kappa shape index (κ2) is 3.28. The first kappa shape index (κ1) is 9.77. The molecular weight excluding hydrogens is 223 g/mol. The number of hydrogen-bond donors (Lipinski definition) is 2. The van der Waals surface area contributed by atoms with Gasteiger partial charge in [-0.2, -0.15) is 0 Å². The first-order valence-corrected chi connectivity index (χ1v) is 5.00. The molecule has 1 aliphatic rings. The number of hydrogen-bond acceptors (Lipinski definition) is 2. The highest BCUT2D eigenvalue weighted by molar-refractivity contribution is 6.35. The molecule has 84 valence electrons. The van der Waals surface area contributed by atoms with E-state index in [1.807, 2.05) is 0 Å². The Morgan fingerprint density at radius 3 is 2.71 bits per heavy atom. The highest BCUT2D eigenvalue weighted by atomic mass is 19.1. The largest absolute Gasteiger partial charge is 0.360 e. The molecule has 0 aliphatic carbocycles. The predicted molar refractivity (Wildman–Crippen MR) is 59.4 cm³/mol. The maximum absolute atomic E-state index is 13.7. The molecule has 0 saturated heterocycles. The molecule has 1 aromatic heterocycles. The summed E-state index contributed by atoms with van der Waals surface area (Å²) in [5.41, 5.74) is 1.18. The zero-order valence-electron chi connectivity index (χ0n) is 8.58. The fraction of sp³-hybridized carbons (Fsp3) is 0. The van der Waals surface area contributed by atoms with Crippen LogP contribution in [-0.4, -0.2) is 16.8 Å². The number of amides is 2. The number of H-pyrrole nitrogens is 1. The van der Waals surface area contributed by atoms with Crippen molar-refractivity contribution in [1.82, 2.24) is 10.3 Å². The maximum atomic E-state index is 13.7. The van der Waals surface area contributed by atoms with Gasteiger partial charge < -0.3 is 4.98 Å². The minimum Gasteiger partial charge on any atom is -0.360 e. The van der Waals surface area contributed by atoms with E-state index in [0.29, 0.717) is 16.5 Å². The van der Waals surface area contributed by atoms with E-state index < -0.39 is 17.6 Å². The molecule has 2 amide bonds. The van der Waals surface area contributed by atoms with Crippen molar-refractivity contribution < 1.29 is 14.0 Å². The number of nitrogens with one attached hydrogen (secondary N) is 2. The van der Waals surface area contributed by atoms with Crippen LogP contribution < -0.4 is 5.32 Å². The molecule has 0 saturated carbocycles. The molecule has 0 radical (unpaired) electrons. The van der Waals surface area contributed by atoms with Crippen molar-refractivity contribution >= 4 is 28.3 Å². The second-order valence-electron chi connectivity index (χ2n) is 3.74. The lowest BCUT2D eigenvalue weighted by molar-refractivity contribution is -0.123. The second-order valence-corrected chi connectivity index (χ2v) is 3.74. The summed E-state index contributed by atoms with van der Waals surface area (Å²) >= 11 is 0. The van der Waals surface area contributed by atoms with Crippen LogP contribution in [0.1, 0.15) is 5.56 Å². The van der Waals surface area contributed by atoms with Crippen LogP contribution in [0.3, 0.4) is 0 Å². The SMILES string of the molecule is O=C1C=C(c2c[nH]c3cccc(F)c23)C(=O)N1. The third kappa shape index (κ3) is 1.36. The van der Waals surface area contributed by atoms with Crippen molar-refractivity contribution in [2.24, 2.45) is 0 Å². The van der Waals surface area contributed by atoms with Crippen LogP contribution in [0.4, 0.5) is 4.39 Å². The minimum atomic E-state index is -0.501. The van der Waals surface area contributed by atoms with E-state index in [0.717, 1.165) is 0 Å². The average molecular weight is 230 g/mol. The van der Waals surface area contributed by atoms with Crippen LogP contribution in [0.5, 0.6) is 0 Å². The first-order valence-electron chi connectivity index (χ1n) is 5.00. The summed E-state index contributed by atoms with van der Waals surface area (Å²) < 4.78 is 13.7. The highest BCUT2D eigenvalue weighted by Gasteiger charge is 2.25. The third-order valence-corrected chi connectivity index (χ3v) is 2.70. The van der Waals surface area contributed by atoms with Gasteiger partial charge in [-0.15, -0.1) is 0 Å². The highest BCUT2D eigenvalue weighted by Crippen LogP contribution is 2.28. The predicted octanol–water partition coefficient (Wildman–Crippen LogP) is 1.35. The molecule has 2 heterocycles. The molecule has 1 aliphatic heterocycles. The number of carbonyl (C=O) groups is 2. The molecular formula is C12H7FN2O2. The number of rotatable bonds is 1. The van der Waals surface area contributed by atoms with Crippen molar-refractivity contribution in [3.8, 4) is 0 Å². The number of aromatic nitrogens is 1. The number of benzene rings is 1. The van der Waals surface area contributed by atoms with Crippen molar-refractivity contribution in [3.63, 3.8) is 0 Å². The minimum absolute atomic E-state index is 0.186. The van der Waals surface area contributed by atoms with E-state index >= 15 is 0 Å². The van der Waals surface area contributed by atoms with Crippen LogP contribution in [0.15, 0.2) is 30.5 Å². The summed E-state index contributed by atoms with van der Waals surface area (Å²) in [5.74, 6) is -1.40.